The highest BCUT2D eigenvalue weighted by Crippen LogP contribution is 2.33. The van der Waals surface area contributed by atoms with Crippen molar-refractivity contribution in [2.24, 2.45) is 0 Å². The first kappa shape index (κ1) is 25.7. The molecule has 190 valence electrons. The highest BCUT2D eigenvalue weighted by atomic mass is 16.5. The summed E-state index contributed by atoms with van der Waals surface area (Å²) in [4.78, 5) is 38.1. The SMILES string of the molecule is COC(=O)c1cc(O)c2c(C(=O)NC(C)C)ccc(CC(C)NC(=O)c3ccc4ccccc4c3)c2c1. The van der Waals surface area contributed by atoms with Crippen LogP contribution in [0.25, 0.3) is 21.5 Å². The van der Waals surface area contributed by atoms with Crippen LogP contribution in [-0.4, -0.2) is 42.1 Å². The van der Waals surface area contributed by atoms with Crippen LogP contribution in [0.15, 0.2) is 66.7 Å². The smallest absolute Gasteiger partial charge is 0.338 e. The number of amides is 2. The van der Waals surface area contributed by atoms with Gasteiger partial charge in [-0.05, 0) is 79.2 Å². The number of carbonyl (C=O) groups excluding carboxylic acids is 3. The number of ether oxygens (including phenoxy) is 1. The fraction of sp³-hybridized carbons (Fsp3) is 0.233. The van der Waals surface area contributed by atoms with E-state index in [0.717, 1.165) is 16.3 Å². The van der Waals surface area contributed by atoms with Gasteiger partial charge in [-0.2, -0.15) is 0 Å². The van der Waals surface area contributed by atoms with Gasteiger partial charge in [0.1, 0.15) is 5.75 Å². The van der Waals surface area contributed by atoms with Crippen LogP contribution in [-0.2, 0) is 11.2 Å². The molecule has 0 heterocycles. The number of carbonyl (C=O) groups is 3. The molecule has 4 rings (SSSR count). The Kier molecular flexibility index (Phi) is 7.43. The normalized spacial score (nSPS) is 11.9. The van der Waals surface area contributed by atoms with E-state index in [1.807, 2.05) is 57.2 Å². The predicted molar refractivity (Wildman–Crippen MR) is 144 cm³/mol. The van der Waals surface area contributed by atoms with E-state index in [1.165, 1.54) is 13.2 Å². The van der Waals surface area contributed by atoms with Crippen LogP contribution < -0.4 is 10.6 Å². The van der Waals surface area contributed by atoms with Gasteiger partial charge < -0.3 is 20.5 Å². The fourth-order valence-corrected chi connectivity index (χ4v) is 4.48. The van der Waals surface area contributed by atoms with E-state index in [4.69, 9.17) is 4.74 Å². The summed E-state index contributed by atoms with van der Waals surface area (Å²) in [5.74, 6) is -1.32. The van der Waals surface area contributed by atoms with Crippen molar-refractivity contribution in [3.8, 4) is 5.75 Å². The standard InChI is InChI=1S/C30H30N2O5/c1-17(2)31-29(35)24-12-11-21(25-15-23(30(36)37-4)16-26(33)27(24)25)13-18(3)32-28(34)22-10-9-19-7-5-6-8-20(19)14-22/h5-12,14-18,33H,13H2,1-4H3,(H,31,35)(H,32,34). The first-order chi connectivity index (χ1) is 17.7. The topological polar surface area (TPSA) is 105 Å². The largest absolute Gasteiger partial charge is 0.507 e. The molecule has 0 aromatic heterocycles. The molecule has 3 N–H and O–H groups in total. The molecule has 0 aliphatic rings. The second-order valence-electron chi connectivity index (χ2n) is 9.45. The summed E-state index contributed by atoms with van der Waals surface area (Å²) in [5, 5.41) is 19.6. The Bertz CT molecular complexity index is 1510. The number of phenols is 1. The van der Waals surface area contributed by atoms with Crippen molar-refractivity contribution in [1.82, 2.24) is 10.6 Å². The Morgan fingerprint density at radius 2 is 1.57 bits per heavy atom. The first-order valence-electron chi connectivity index (χ1n) is 12.2. The summed E-state index contributed by atoms with van der Waals surface area (Å²) in [6, 6.07) is 19.4. The van der Waals surface area contributed by atoms with E-state index in [2.05, 4.69) is 10.6 Å². The monoisotopic (exact) mass is 498 g/mol. The number of fused-ring (bicyclic) bond motifs is 2. The van der Waals surface area contributed by atoms with Gasteiger partial charge in [-0.15, -0.1) is 0 Å². The summed E-state index contributed by atoms with van der Waals surface area (Å²) >= 11 is 0. The highest BCUT2D eigenvalue weighted by Gasteiger charge is 2.21. The van der Waals surface area contributed by atoms with Crippen LogP contribution in [0.3, 0.4) is 0 Å². The second-order valence-corrected chi connectivity index (χ2v) is 9.45. The number of nitrogens with one attached hydrogen (secondary N) is 2. The van der Waals surface area contributed by atoms with Crippen molar-refractivity contribution in [3.05, 3.63) is 89.0 Å². The molecule has 1 atom stereocenters. The molecule has 0 aliphatic carbocycles. The van der Waals surface area contributed by atoms with Crippen molar-refractivity contribution in [1.29, 1.82) is 0 Å². The molecule has 0 saturated heterocycles. The van der Waals surface area contributed by atoms with Crippen molar-refractivity contribution < 1.29 is 24.2 Å². The van der Waals surface area contributed by atoms with Gasteiger partial charge in [-0.25, -0.2) is 4.79 Å². The third-order valence-electron chi connectivity index (χ3n) is 6.18. The minimum Gasteiger partial charge on any atom is -0.507 e. The zero-order chi connectivity index (χ0) is 26.7. The number of phenolic OH excluding ortho intramolecular Hbond substituents is 1. The van der Waals surface area contributed by atoms with Crippen LogP contribution in [0.1, 0.15) is 57.4 Å². The van der Waals surface area contributed by atoms with Gasteiger partial charge in [0.05, 0.1) is 18.2 Å². The number of hydrogen-bond acceptors (Lipinski definition) is 5. The number of methoxy groups -OCH3 is 1. The minimum absolute atomic E-state index is 0.0935. The minimum atomic E-state index is -0.599. The van der Waals surface area contributed by atoms with E-state index in [1.54, 1.807) is 24.3 Å². The van der Waals surface area contributed by atoms with E-state index >= 15 is 0 Å². The zero-order valence-corrected chi connectivity index (χ0v) is 21.3. The number of esters is 1. The van der Waals surface area contributed by atoms with Gasteiger partial charge in [-0.1, -0.05) is 36.4 Å². The maximum Gasteiger partial charge on any atom is 0.338 e. The van der Waals surface area contributed by atoms with Crippen molar-refractivity contribution in [2.75, 3.05) is 7.11 Å². The van der Waals surface area contributed by atoms with Crippen molar-refractivity contribution in [3.63, 3.8) is 0 Å². The van der Waals surface area contributed by atoms with E-state index < -0.39 is 5.97 Å². The van der Waals surface area contributed by atoms with Crippen molar-refractivity contribution in [2.45, 2.75) is 39.3 Å². The number of hydrogen-bond donors (Lipinski definition) is 3. The molecule has 0 bridgehead atoms. The average Bonchev–Trinajstić information content (AvgIpc) is 2.87. The molecule has 2 amide bonds. The van der Waals surface area contributed by atoms with Crippen LogP contribution >= 0.6 is 0 Å². The number of benzene rings is 4. The molecule has 1 unspecified atom stereocenters. The highest BCUT2D eigenvalue weighted by molar-refractivity contribution is 6.11. The molecule has 0 saturated carbocycles. The Labute approximate surface area is 215 Å². The summed E-state index contributed by atoms with van der Waals surface area (Å²) in [7, 11) is 1.27. The molecular formula is C30H30N2O5. The summed E-state index contributed by atoms with van der Waals surface area (Å²) in [5.41, 5.74) is 1.79. The Morgan fingerprint density at radius 1 is 0.838 bits per heavy atom. The fourth-order valence-electron chi connectivity index (χ4n) is 4.48. The van der Waals surface area contributed by atoms with Gasteiger partial charge in [0.25, 0.3) is 11.8 Å². The average molecular weight is 499 g/mol. The lowest BCUT2D eigenvalue weighted by Crippen LogP contribution is -2.34. The zero-order valence-electron chi connectivity index (χ0n) is 21.3. The number of aromatic hydroxyl groups is 1. The molecule has 4 aromatic carbocycles. The maximum atomic E-state index is 13.0. The third kappa shape index (κ3) is 5.56. The van der Waals surface area contributed by atoms with E-state index in [0.29, 0.717) is 28.3 Å². The van der Waals surface area contributed by atoms with Gasteiger partial charge in [0, 0.05) is 23.0 Å². The molecule has 4 aromatic rings. The van der Waals surface area contributed by atoms with Gasteiger partial charge in [0.2, 0.25) is 0 Å². The summed E-state index contributed by atoms with van der Waals surface area (Å²) < 4.78 is 4.84. The molecule has 7 heteroatoms. The molecule has 0 radical (unpaired) electrons. The molecule has 0 spiro atoms. The van der Waals surface area contributed by atoms with Crippen LogP contribution in [0.4, 0.5) is 0 Å². The van der Waals surface area contributed by atoms with Crippen LogP contribution in [0.5, 0.6) is 5.75 Å². The van der Waals surface area contributed by atoms with E-state index in [-0.39, 0.29) is 35.2 Å². The Morgan fingerprint density at radius 3 is 2.27 bits per heavy atom. The van der Waals surface area contributed by atoms with Gasteiger partial charge in [-0.3, -0.25) is 9.59 Å². The summed E-state index contributed by atoms with van der Waals surface area (Å²) in [6.07, 6.45) is 0.409. The lowest BCUT2D eigenvalue weighted by molar-refractivity contribution is 0.0600. The Hall–Kier alpha value is -4.39. The molecule has 37 heavy (non-hydrogen) atoms. The van der Waals surface area contributed by atoms with Crippen molar-refractivity contribution >= 4 is 39.3 Å². The first-order valence-corrected chi connectivity index (χ1v) is 12.2. The maximum absolute atomic E-state index is 13.0. The number of rotatable bonds is 7. The lowest BCUT2D eigenvalue weighted by atomic mass is 9.93. The molecule has 0 aliphatic heterocycles. The molecule has 7 nitrogen and oxygen atoms in total. The van der Waals surface area contributed by atoms with Crippen LogP contribution in [0.2, 0.25) is 0 Å². The quantitative estimate of drug-likeness (QED) is 0.312. The van der Waals surface area contributed by atoms with E-state index in [9.17, 15) is 19.5 Å². The third-order valence-corrected chi connectivity index (χ3v) is 6.18. The Balaban J connectivity index is 1.67. The van der Waals surface area contributed by atoms with Gasteiger partial charge in [0.15, 0.2) is 0 Å². The molecule has 0 fully saturated rings. The summed E-state index contributed by atoms with van der Waals surface area (Å²) in [6.45, 7) is 5.58. The second kappa shape index (κ2) is 10.7. The predicted octanol–water partition coefficient (Wildman–Crippen LogP) is 4.98. The molecular weight excluding hydrogens is 468 g/mol. The van der Waals surface area contributed by atoms with Crippen LogP contribution in [0, 0.1) is 0 Å². The van der Waals surface area contributed by atoms with Gasteiger partial charge >= 0.3 is 5.97 Å². The lowest BCUT2D eigenvalue weighted by Gasteiger charge is -2.18.